The average Bonchev–Trinajstić information content (AvgIpc) is 3.03. The summed E-state index contributed by atoms with van der Waals surface area (Å²) in [5.74, 6) is 0.644. The van der Waals surface area contributed by atoms with E-state index >= 15 is 0 Å². The Labute approximate surface area is 158 Å². The number of aryl methyl sites for hydroxylation is 1. The molecule has 1 aromatic heterocycles. The lowest BCUT2D eigenvalue weighted by molar-refractivity contribution is -0.121. The number of aromatic nitrogens is 3. The van der Waals surface area contributed by atoms with Crippen LogP contribution in [0.15, 0.2) is 35.5 Å². The van der Waals surface area contributed by atoms with Crippen LogP contribution < -0.4 is 5.32 Å². The van der Waals surface area contributed by atoms with Crippen molar-refractivity contribution in [1.82, 2.24) is 20.1 Å². The fourth-order valence-electron chi connectivity index (χ4n) is 3.26. The van der Waals surface area contributed by atoms with E-state index in [1.54, 1.807) is 0 Å². The van der Waals surface area contributed by atoms with Crippen LogP contribution >= 0.6 is 11.8 Å². The molecule has 0 unspecified atom stereocenters. The van der Waals surface area contributed by atoms with Gasteiger partial charge in [-0.15, -0.1) is 10.2 Å². The Bertz CT molecular complexity index is 805. The second-order valence-electron chi connectivity index (χ2n) is 6.70. The molecule has 136 valence electrons. The van der Waals surface area contributed by atoms with Crippen LogP contribution in [0, 0.1) is 18.3 Å². The highest BCUT2D eigenvalue weighted by atomic mass is 32.2. The van der Waals surface area contributed by atoms with Gasteiger partial charge in [0.15, 0.2) is 5.16 Å². The Morgan fingerprint density at radius 2 is 1.96 bits per heavy atom. The van der Waals surface area contributed by atoms with E-state index in [4.69, 9.17) is 0 Å². The number of hydrogen-bond donors (Lipinski definition) is 1. The summed E-state index contributed by atoms with van der Waals surface area (Å²) < 4.78 is 1.94. The van der Waals surface area contributed by atoms with Gasteiger partial charge in [0.25, 0.3) is 0 Å². The monoisotopic (exact) mass is 369 g/mol. The van der Waals surface area contributed by atoms with Crippen molar-refractivity contribution in [3.05, 3.63) is 36.2 Å². The van der Waals surface area contributed by atoms with Crippen LogP contribution in [0.3, 0.4) is 0 Å². The number of hydrogen-bond acceptors (Lipinski definition) is 5. The number of nitrogens with one attached hydrogen (secondary N) is 1. The first-order valence-corrected chi connectivity index (χ1v) is 9.80. The molecule has 1 aliphatic rings. The van der Waals surface area contributed by atoms with Crippen LogP contribution in [0.1, 0.15) is 44.9 Å². The zero-order valence-corrected chi connectivity index (χ0v) is 15.9. The van der Waals surface area contributed by atoms with Crippen molar-refractivity contribution in [2.45, 2.75) is 61.9 Å². The first kappa shape index (κ1) is 18.5. The largest absolute Gasteiger partial charge is 0.337 e. The third-order valence-electron chi connectivity index (χ3n) is 4.74. The normalized spacial score (nSPS) is 17.3. The highest BCUT2D eigenvalue weighted by molar-refractivity contribution is 8.00. The molecule has 1 fully saturated rings. The summed E-state index contributed by atoms with van der Waals surface area (Å²) in [6.45, 7) is 3.73. The van der Waals surface area contributed by atoms with E-state index in [0.717, 1.165) is 43.6 Å². The molecule has 1 N–H and O–H groups in total. The van der Waals surface area contributed by atoms with E-state index in [-0.39, 0.29) is 11.2 Å². The molecule has 1 aliphatic carbocycles. The Kier molecular flexibility index (Phi) is 5.62. The topological polar surface area (TPSA) is 83.6 Å². The van der Waals surface area contributed by atoms with Gasteiger partial charge in [-0.05, 0) is 38.8 Å². The van der Waals surface area contributed by atoms with Crippen molar-refractivity contribution in [2.24, 2.45) is 0 Å². The van der Waals surface area contributed by atoms with E-state index < -0.39 is 5.54 Å². The summed E-state index contributed by atoms with van der Waals surface area (Å²) >= 11 is 1.36. The van der Waals surface area contributed by atoms with Crippen LogP contribution in [0.5, 0.6) is 0 Å². The van der Waals surface area contributed by atoms with Gasteiger partial charge in [0, 0.05) is 5.69 Å². The van der Waals surface area contributed by atoms with Crippen molar-refractivity contribution in [1.29, 1.82) is 5.26 Å². The summed E-state index contributed by atoms with van der Waals surface area (Å²) in [6.07, 6.45) is 4.55. The molecule has 0 radical (unpaired) electrons. The minimum atomic E-state index is -0.715. The van der Waals surface area contributed by atoms with Gasteiger partial charge in [-0.3, -0.25) is 9.36 Å². The molecule has 0 bridgehead atoms. The highest BCUT2D eigenvalue weighted by Gasteiger charge is 2.35. The summed E-state index contributed by atoms with van der Waals surface area (Å²) in [5, 5.41) is 21.2. The maximum atomic E-state index is 12.7. The summed E-state index contributed by atoms with van der Waals surface area (Å²) in [5.41, 5.74) is 0.249. The van der Waals surface area contributed by atoms with Crippen molar-refractivity contribution in [2.75, 3.05) is 0 Å². The lowest BCUT2D eigenvalue weighted by Gasteiger charge is -2.32. The second-order valence-corrected chi connectivity index (χ2v) is 8.01. The van der Waals surface area contributed by atoms with Gasteiger partial charge in [0.2, 0.25) is 5.91 Å². The summed E-state index contributed by atoms with van der Waals surface area (Å²) in [4.78, 5) is 12.7. The number of thioether (sulfide) groups is 1. The molecule has 6 nitrogen and oxygen atoms in total. The highest BCUT2D eigenvalue weighted by Crippen LogP contribution is 2.30. The van der Waals surface area contributed by atoms with E-state index in [2.05, 4.69) is 21.6 Å². The number of carbonyl (C=O) groups excluding carboxylic acids is 1. The average molecular weight is 369 g/mol. The standard InChI is InChI=1S/C19H23N5OS/c1-14(17(25)21-19(13-20)11-7-4-8-12-19)26-18-23-22-15(2)24(18)16-9-5-3-6-10-16/h3,5-6,9-10,14H,4,7-8,11-12H2,1-2H3,(H,21,25)/t14-/m1/s1. The number of nitriles is 1. The fraction of sp³-hybridized carbons (Fsp3) is 0.474. The van der Waals surface area contributed by atoms with Crippen molar-refractivity contribution in [3.63, 3.8) is 0 Å². The molecule has 7 heteroatoms. The Balaban J connectivity index is 1.73. The lowest BCUT2D eigenvalue weighted by Crippen LogP contribution is -2.50. The molecule has 1 heterocycles. The van der Waals surface area contributed by atoms with Gasteiger partial charge in [-0.25, -0.2) is 0 Å². The van der Waals surface area contributed by atoms with Crippen LogP contribution in [0.25, 0.3) is 5.69 Å². The molecule has 1 saturated carbocycles. The maximum absolute atomic E-state index is 12.7. The molecule has 26 heavy (non-hydrogen) atoms. The first-order valence-electron chi connectivity index (χ1n) is 8.92. The summed E-state index contributed by atoms with van der Waals surface area (Å²) in [7, 11) is 0. The quantitative estimate of drug-likeness (QED) is 0.817. The fourth-order valence-corrected chi connectivity index (χ4v) is 4.18. The predicted molar refractivity (Wildman–Crippen MR) is 101 cm³/mol. The van der Waals surface area contributed by atoms with Gasteiger partial charge in [-0.2, -0.15) is 5.26 Å². The Morgan fingerprint density at radius 3 is 2.62 bits per heavy atom. The molecule has 0 saturated heterocycles. The predicted octanol–water partition coefficient (Wildman–Crippen LogP) is 3.40. The van der Waals surface area contributed by atoms with Crippen molar-refractivity contribution in [3.8, 4) is 11.8 Å². The van der Waals surface area contributed by atoms with Gasteiger partial charge >= 0.3 is 0 Å². The number of benzene rings is 1. The molecule has 1 amide bonds. The zero-order chi connectivity index (χ0) is 18.6. The smallest absolute Gasteiger partial charge is 0.234 e. The minimum Gasteiger partial charge on any atom is -0.337 e. The van der Waals surface area contributed by atoms with Gasteiger partial charge in [0.05, 0.1) is 11.3 Å². The molecule has 1 atom stereocenters. The van der Waals surface area contributed by atoms with Crippen LogP contribution in [-0.2, 0) is 4.79 Å². The van der Waals surface area contributed by atoms with E-state index in [1.165, 1.54) is 11.8 Å². The van der Waals surface area contributed by atoms with Crippen LogP contribution in [0.4, 0.5) is 0 Å². The third kappa shape index (κ3) is 3.91. The van der Waals surface area contributed by atoms with Gasteiger partial charge in [0.1, 0.15) is 11.4 Å². The molecular weight excluding hydrogens is 346 g/mol. The molecule has 3 rings (SSSR count). The molecular formula is C19H23N5OS. The molecule has 2 aromatic rings. The SMILES string of the molecule is Cc1nnc(S[C@H](C)C(=O)NC2(C#N)CCCCC2)n1-c1ccccc1. The van der Waals surface area contributed by atoms with Gasteiger partial charge < -0.3 is 5.32 Å². The number of rotatable bonds is 5. The van der Waals surface area contributed by atoms with E-state index in [9.17, 15) is 10.1 Å². The van der Waals surface area contributed by atoms with E-state index in [0.29, 0.717) is 5.16 Å². The minimum absolute atomic E-state index is 0.126. The number of para-hydroxylation sites is 1. The Hall–Kier alpha value is -2.33. The lowest BCUT2D eigenvalue weighted by atomic mass is 9.83. The maximum Gasteiger partial charge on any atom is 0.234 e. The van der Waals surface area contributed by atoms with Gasteiger partial charge in [-0.1, -0.05) is 49.2 Å². The van der Waals surface area contributed by atoms with Crippen molar-refractivity contribution >= 4 is 17.7 Å². The Morgan fingerprint density at radius 1 is 1.27 bits per heavy atom. The number of carbonyl (C=O) groups is 1. The number of amides is 1. The first-order chi connectivity index (χ1) is 12.5. The second kappa shape index (κ2) is 7.92. The zero-order valence-electron chi connectivity index (χ0n) is 15.1. The number of nitrogens with zero attached hydrogens (tertiary/aromatic N) is 4. The van der Waals surface area contributed by atoms with Crippen LogP contribution in [0.2, 0.25) is 0 Å². The molecule has 0 aliphatic heterocycles. The van der Waals surface area contributed by atoms with E-state index in [1.807, 2.05) is 48.7 Å². The van der Waals surface area contributed by atoms with Crippen molar-refractivity contribution < 1.29 is 4.79 Å². The molecule has 0 spiro atoms. The third-order valence-corrected chi connectivity index (χ3v) is 5.79. The molecule has 1 aromatic carbocycles. The van der Waals surface area contributed by atoms with Crippen LogP contribution in [-0.4, -0.2) is 31.5 Å². The summed E-state index contributed by atoms with van der Waals surface area (Å²) in [6, 6.07) is 12.2.